The van der Waals surface area contributed by atoms with Crippen molar-refractivity contribution >= 4 is 5.97 Å². The van der Waals surface area contributed by atoms with Gasteiger partial charge in [-0.2, -0.15) is 0 Å². The average Bonchev–Trinajstić information content (AvgIpc) is 2.69. The first-order chi connectivity index (χ1) is 14.0. The molecule has 0 aliphatic carbocycles. The molecular weight excluding hydrogens is 358 g/mol. The second kappa shape index (κ2) is 20.2. The van der Waals surface area contributed by atoms with E-state index in [-0.39, 0.29) is 6.54 Å². The van der Waals surface area contributed by atoms with E-state index >= 15 is 0 Å². The van der Waals surface area contributed by atoms with Crippen LogP contribution in [-0.2, 0) is 4.79 Å². The molecule has 2 unspecified atom stereocenters. The second-order valence-electron chi connectivity index (χ2n) is 8.86. The zero-order chi connectivity index (χ0) is 21.7. The highest BCUT2D eigenvalue weighted by Gasteiger charge is 2.12. The van der Waals surface area contributed by atoms with Crippen molar-refractivity contribution in [3.8, 4) is 0 Å². The summed E-state index contributed by atoms with van der Waals surface area (Å²) in [4.78, 5) is 13.4. The van der Waals surface area contributed by atoms with Crippen molar-refractivity contribution in [1.29, 1.82) is 0 Å². The van der Waals surface area contributed by atoms with Gasteiger partial charge in [-0.25, -0.2) is 0 Å². The minimum atomic E-state index is -0.711. The van der Waals surface area contributed by atoms with E-state index < -0.39 is 5.97 Å². The van der Waals surface area contributed by atoms with Crippen LogP contribution in [0.15, 0.2) is 24.3 Å². The Morgan fingerprint density at radius 1 is 0.793 bits per heavy atom. The van der Waals surface area contributed by atoms with Crippen molar-refractivity contribution in [2.75, 3.05) is 19.6 Å². The summed E-state index contributed by atoms with van der Waals surface area (Å²) in [5.41, 5.74) is 0. The Bertz CT molecular complexity index is 398. The monoisotopic (exact) mass is 407 g/mol. The molecule has 3 nitrogen and oxygen atoms in total. The molecule has 0 aliphatic heterocycles. The molecule has 170 valence electrons. The summed E-state index contributed by atoms with van der Waals surface area (Å²) in [5.74, 6) is 0.506. The van der Waals surface area contributed by atoms with Crippen molar-refractivity contribution in [1.82, 2.24) is 4.90 Å². The molecule has 0 saturated heterocycles. The van der Waals surface area contributed by atoms with E-state index in [4.69, 9.17) is 0 Å². The van der Waals surface area contributed by atoms with Crippen LogP contribution in [0.3, 0.4) is 0 Å². The molecule has 1 N–H and O–H groups in total. The maximum absolute atomic E-state index is 11.2. The zero-order valence-electron chi connectivity index (χ0n) is 19.9. The molecule has 0 radical (unpaired) electrons. The Morgan fingerprint density at radius 3 is 1.62 bits per heavy atom. The smallest absolute Gasteiger partial charge is 0.317 e. The van der Waals surface area contributed by atoms with Gasteiger partial charge in [0.15, 0.2) is 0 Å². The predicted molar refractivity (Wildman–Crippen MR) is 127 cm³/mol. The minimum Gasteiger partial charge on any atom is -0.480 e. The Hall–Kier alpha value is -1.09. The van der Waals surface area contributed by atoms with Crippen LogP contribution < -0.4 is 0 Å². The van der Waals surface area contributed by atoms with E-state index in [9.17, 15) is 9.90 Å². The maximum atomic E-state index is 11.2. The van der Waals surface area contributed by atoms with Crippen LogP contribution in [-0.4, -0.2) is 35.6 Å². The summed E-state index contributed by atoms with van der Waals surface area (Å²) in [6.07, 6.45) is 23.8. The summed E-state index contributed by atoms with van der Waals surface area (Å²) >= 11 is 0. The van der Waals surface area contributed by atoms with E-state index in [0.717, 1.165) is 38.8 Å². The molecule has 2 atom stereocenters. The number of rotatable bonds is 20. The molecule has 0 aliphatic rings. The summed E-state index contributed by atoms with van der Waals surface area (Å²) in [6.45, 7) is 11.0. The van der Waals surface area contributed by atoms with Gasteiger partial charge in [0, 0.05) is 0 Å². The summed E-state index contributed by atoms with van der Waals surface area (Å²) in [7, 11) is 0. The van der Waals surface area contributed by atoms with Gasteiger partial charge in [0.1, 0.15) is 0 Å². The fourth-order valence-electron chi connectivity index (χ4n) is 3.42. The molecule has 0 spiro atoms. The van der Waals surface area contributed by atoms with Crippen molar-refractivity contribution in [2.45, 2.75) is 105 Å². The molecule has 0 amide bonds. The number of carboxylic acid groups (broad SMARTS) is 1. The van der Waals surface area contributed by atoms with Crippen LogP contribution in [0.25, 0.3) is 0 Å². The molecule has 0 aromatic carbocycles. The topological polar surface area (TPSA) is 40.5 Å². The van der Waals surface area contributed by atoms with Gasteiger partial charge >= 0.3 is 5.97 Å². The minimum absolute atomic E-state index is 0.166. The summed E-state index contributed by atoms with van der Waals surface area (Å²) in [5, 5.41) is 9.24. The van der Waals surface area contributed by atoms with Gasteiger partial charge < -0.3 is 5.11 Å². The fourth-order valence-corrected chi connectivity index (χ4v) is 3.42. The van der Waals surface area contributed by atoms with E-state index in [1.54, 1.807) is 0 Å². The molecule has 3 heteroatoms. The van der Waals surface area contributed by atoms with Crippen LogP contribution in [0.4, 0.5) is 0 Å². The third-order valence-electron chi connectivity index (χ3n) is 5.59. The third kappa shape index (κ3) is 20.0. The van der Waals surface area contributed by atoms with E-state index in [1.807, 2.05) is 0 Å². The van der Waals surface area contributed by atoms with E-state index in [1.165, 1.54) is 51.4 Å². The van der Waals surface area contributed by atoms with Gasteiger partial charge in [0.25, 0.3) is 0 Å². The van der Waals surface area contributed by atoms with Crippen LogP contribution in [0.2, 0.25) is 0 Å². The van der Waals surface area contributed by atoms with Gasteiger partial charge in [-0.15, -0.1) is 0 Å². The van der Waals surface area contributed by atoms with Gasteiger partial charge in [-0.1, -0.05) is 77.7 Å². The van der Waals surface area contributed by atoms with Crippen molar-refractivity contribution in [3.05, 3.63) is 24.3 Å². The SMILES string of the molecule is CCCCC/C=C/CC(C)CCN(CCC(C)C/C=C/CCCCC)CC(=O)O. The molecule has 29 heavy (non-hydrogen) atoms. The maximum Gasteiger partial charge on any atom is 0.317 e. The average molecular weight is 408 g/mol. The molecule has 0 bridgehead atoms. The van der Waals surface area contributed by atoms with Crippen molar-refractivity contribution in [2.24, 2.45) is 11.8 Å². The zero-order valence-corrected chi connectivity index (χ0v) is 19.9. The number of unbranched alkanes of at least 4 members (excludes halogenated alkanes) is 6. The number of hydrogen-bond acceptors (Lipinski definition) is 2. The molecule has 0 saturated carbocycles. The number of nitrogens with zero attached hydrogens (tertiary/aromatic N) is 1. The van der Waals surface area contributed by atoms with Crippen molar-refractivity contribution < 1.29 is 9.90 Å². The Kier molecular flexibility index (Phi) is 19.4. The first-order valence-electron chi connectivity index (χ1n) is 12.2. The molecule has 0 fully saturated rings. The van der Waals surface area contributed by atoms with Crippen LogP contribution in [0.5, 0.6) is 0 Å². The van der Waals surface area contributed by atoms with E-state index in [2.05, 4.69) is 56.9 Å². The molecule has 0 heterocycles. The lowest BCUT2D eigenvalue weighted by atomic mass is 10.0. The van der Waals surface area contributed by atoms with Gasteiger partial charge in [-0.3, -0.25) is 9.69 Å². The van der Waals surface area contributed by atoms with Gasteiger partial charge in [0.05, 0.1) is 6.54 Å². The molecular formula is C26H49NO2. The highest BCUT2D eigenvalue weighted by atomic mass is 16.4. The number of allylic oxidation sites excluding steroid dienone is 4. The van der Waals surface area contributed by atoms with Crippen molar-refractivity contribution in [3.63, 3.8) is 0 Å². The lowest BCUT2D eigenvalue weighted by Gasteiger charge is -2.23. The fraction of sp³-hybridized carbons (Fsp3) is 0.808. The third-order valence-corrected chi connectivity index (χ3v) is 5.59. The standard InChI is InChI=1S/C26H49NO2/c1-5-7-9-11-13-15-17-24(3)19-21-27(23-26(28)29)22-20-25(4)18-16-14-12-10-8-6-2/h13-16,24-25H,5-12,17-23H2,1-4H3,(H,28,29)/b15-13+,16-14+. The van der Waals surface area contributed by atoms with Crippen LogP contribution >= 0.6 is 0 Å². The lowest BCUT2D eigenvalue weighted by Crippen LogP contribution is -2.33. The molecule has 0 rings (SSSR count). The Morgan fingerprint density at radius 2 is 1.24 bits per heavy atom. The molecule has 0 aromatic heterocycles. The highest BCUT2D eigenvalue weighted by molar-refractivity contribution is 5.69. The summed E-state index contributed by atoms with van der Waals surface area (Å²) in [6, 6.07) is 0. The van der Waals surface area contributed by atoms with Crippen LogP contribution in [0.1, 0.15) is 105 Å². The largest absolute Gasteiger partial charge is 0.480 e. The number of carboxylic acids is 1. The lowest BCUT2D eigenvalue weighted by molar-refractivity contribution is -0.138. The number of hydrogen-bond donors (Lipinski definition) is 1. The number of aliphatic carboxylic acids is 1. The molecule has 0 aromatic rings. The van der Waals surface area contributed by atoms with Gasteiger partial charge in [0.2, 0.25) is 0 Å². The van der Waals surface area contributed by atoms with E-state index in [0.29, 0.717) is 11.8 Å². The predicted octanol–water partition coefficient (Wildman–Crippen LogP) is 7.48. The Balaban J connectivity index is 4.10. The first kappa shape index (κ1) is 27.9. The normalized spacial score (nSPS) is 14.2. The second-order valence-corrected chi connectivity index (χ2v) is 8.86. The highest BCUT2D eigenvalue weighted by Crippen LogP contribution is 2.14. The summed E-state index contributed by atoms with van der Waals surface area (Å²) < 4.78 is 0. The Labute approximate surface area is 181 Å². The number of carbonyl (C=O) groups is 1. The van der Waals surface area contributed by atoms with Gasteiger partial charge in [-0.05, 0) is 76.3 Å². The quantitative estimate of drug-likeness (QED) is 0.168. The van der Waals surface area contributed by atoms with Crippen LogP contribution in [0, 0.1) is 11.8 Å². The first-order valence-corrected chi connectivity index (χ1v) is 12.2.